The van der Waals surface area contributed by atoms with Gasteiger partial charge in [0.05, 0.1) is 71.7 Å². The van der Waals surface area contributed by atoms with Crippen LogP contribution in [-0.4, -0.2) is 175 Å². The minimum absolute atomic E-state index is 0.103. The smallest absolute Gasteiger partial charge is 0.309 e. The van der Waals surface area contributed by atoms with Crippen molar-refractivity contribution >= 4 is 35.1 Å². The summed E-state index contributed by atoms with van der Waals surface area (Å²) in [4.78, 5) is 33.1. The molecule has 18 atom stereocenters. The second kappa shape index (κ2) is 30.4. The van der Waals surface area contributed by atoms with E-state index in [1.54, 1.807) is 39.5 Å². The number of methoxy groups -OCH3 is 1. The number of hydrogen-bond acceptors (Lipinski definition) is 14. The maximum absolute atomic E-state index is 14.8. The monoisotopic (exact) mass is 1210 g/mol. The minimum atomic E-state index is -1.99. The molecule has 0 bridgehead atoms. The number of carbonyl (C=O) groups is 2. The molecule has 17 heteroatoms. The molecule has 16 nitrogen and oxygen atoms in total. The van der Waals surface area contributed by atoms with Crippen LogP contribution in [0.2, 0.25) is 0 Å². The van der Waals surface area contributed by atoms with Crippen LogP contribution in [0.1, 0.15) is 180 Å². The van der Waals surface area contributed by atoms with Crippen molar-refractivity contribution in [1.29, 1.82) is 0 Å². The summed E-state index contributed by atoms with van der Waals surface area (Å²) in [5.74, 6) is -3.65. The summed E-state index contributed by atoms with van der Waals surface area (Å²) in [6, 6.07) is 20.8. The van der Waals surface area contributed by atoms with E-state index in [1.165, 1.54) is 29.9 Å². The molecule has 4 heterocycles. The Balaban J connectivity index is 1.16. The first kappa shape index (κ1) is 70.7. The van der Waals surface area contributed by atoms with Crippen molar-refractivity contribution in [3.8, 4) is 0 Å². The molecule has 1 amide bonds. The van der Waals surface area contributed by atoms with Crippen LogP contribution >= 0.6 is 7.26 Å². The average molecular weight is 1210 g/mol. The standard InChI is InChI=1S/C68H112N4O12P/c1-17-56-68(13,79)60(75)49(6)71(57(73)37-31-23-21-19-18-20-22-24-32-38-85(51-33-27-25-28-34-51,52-35-29-26-30-36-52)53-42-69-72(44-53)65(8,9)10)43-45(2)40-66(11,78)62(84-64-59(74)54(70(14)15)39-46(3)81-64)47(4)58(48(5)63(77)83-56)55-41-67(12,80-16)61(76)50(7)82-55/h25-30,33-36,42,44-50,54-56,58-62,64,74-76,78-79H,17-24,31-32,37-41,43H2,1-16H3/q+1/t45-,46-,47+,48-,49-,50+,54+,55-,56-,58?,59-,60-,61+,62-,64+,66-,67-,68-/m1/s1. The van der Waals surface area contributed by atoms with E-state index in [9.17, 15) is 35.1 Å². The second-order valence-corrected chi connectivity index (χ2v) is 31.4. The Morgan fingerprint density at radius 3 is 1.89 bits per heavy atom. The number of carbonyl (C=O) groups excluding carboxylic acids is 2. The van der Waals surface area contributed by atoms with Gasteiger partial charge in [0.2, 0.25) is 5.91 Å². The average Bonchev–Trinajstić information content (AvgIpc) is 2.86. The van der Waals surface area contributed by atoms with Gasteiger partial charge in [-0.25, -0.2) is 0 Å². The quantitative estimate of drug-likeness (QED) is 0.0384. The van der Waals surface area contributed by atoms with Crippen LogP contribution in [0.5, 0.6) is 0 Å². The molecular weight excluding hydrogens is 1100 g/mol. The molecular formula is C68H112N4O12P+. The summed E-state index contributed by atoms with van der Waals surface area (Å²) < 4.78 is 34.3. The minimum Gasteiger partial charge on any atom is -0.459 e. The maximum atomic E-state index is 14.8. The van der Waals surface area contributed by atoms with Crippen molar-refractivity contribution in [3.63, 3.8) is 0 Å². The molecule has 3 aliphatic rings. The Labute approximate surface area is 511 Å². The number of hydrogen-bond donors (Lipinski definition) is 5. The Kier molecular flexibility index (Phi) is 25.3. The van der Waals surface area contributed by atoms with Crippen molar-refractivity contribution in [2.45, 2.75) is 269 Å². The Morgan fingerprint density at radius 1 is 0.800 bits per heavy atom. The van der Waals surface area contributed by atoms with Crippen LogP contribution in [0.4, 0.5) is 0 Å². The molecule has 3 aromatic rings. The zero-order chi connectivity index (χ0) is 62.8. The lowest BCUT2D eigenvalue weighted by atomic mass is 9.68. The molecule has 5 N–H and O–H groups in total. The molecule has 3 aliphatic heterocycles. The summed E-state index contributed by atoms with van der Waals surface area (Å²) >= 11 is 0. The number of esters is 1. The van der Waals surface area contributed by atoms with Crippen molar-refractivity contribution in [2.24, 2.45) is 23.7 Å². The number of benzene rings is 2. The summed E-state index contributed by atoms with van der Waals surface area (Å²) in [7, 11) is 3.34. The highest BCUT2D eigenvalue weighted by molar-refractivity contribution is 7.95. The van der Waals surface area contributed by atoms with Gasteiger partial charge < -0.3 is 59.0 Å². The van der Waals surface area contributed by atoms with E-state index < -0.39 is 103 Å². The van der Waals surface area contributed by atoms with E-state index in [0.29, 0.717) is 12.8 Å². The molecule has 1 unspecified atom stereocenters. The van der Waals surface area contributed by atoms with Gasteiger partial charge in [-0.3, -0.25) is 14.3 Å². The number of aromatic nitrogens is 2. The Bertz CT molecular complexity index is 2470. The van der Waals surface area contributed by atoms with Crippen LogP contribution in [0.25, 0.3) is 0 Å². The fraction of sp³-hybridized carbons (Fsp3) is 0.750. The van der Waals surface area contributed by atoms with Gasteiger partial charge in [-0.15, -0.1) is 0 Å². The summed E-state index contributed by atoms with van der Waals surface area (Å²) in [5.41, 5.74) is -4.86. The summed E-state index contributed by atoms with van der Waals surface area (Å²) in [6.07, 6.45) is 7.13. The van der Waals surface area contributed by atoms with Gasteiger partial charge >= 0.3 is 5.97 Å². The number of cyclic esters (lactones) is 1. The highest BCUT2D eigenvalue weighted by Gasteiger charge is 2.56. The first-order valence-electron chi connectivity index (χ1n) is 32.2. The first-order valence-corrected chi connectivity index (χ1v) is 34.1. The van der Waals surface area contributed by atoms with E-state index in [-0.39, 0.29) is 61.7 Å². The van der Waals surface area contributed by atoms with E-state index in [4.69, 9.17) is 28.8 Å². The third-order valence-electron chi connectivity index (χ3n) is 19.6. The molecule has 1 aromatic heterocycles. The number of nitrogens with zero attached hydrogens (tertiary/aromatic N) is 4. The Morgan fingerprint density at radius 2 is 1.36 bits per heavy atom. The van der Waals surface area contributed by atoms with E-state index in [0.717, 1.165) is 57.5 Å². The number of likely N-dealkylation sites (N-methyl/N-ethyl adjacent to an activating group) is 1. The van der Waals surface area contributed by atoms with Crippen LogP contribution in [-0.2, 0) is 38.8 Å². The summed E-state index contributed by atoms with van der Waals surface area (Å²) in [6.45, 7) is 24.4. The van der Waals surface area contributed by atoms with Gasteiger partial charge in [0.25, 0.3) is 0 Å². The fourth-order valence-electron chi connectivity index (χ4n) is 14.5. The highest BCUT2D eigenvalue weighted by atomic mass is 31.2. The van der Waals surface area contributed by atoms with Crippen LogP contribution in [0.15, 0.2) is 73.1 Å². The highest BCUT2D eigenvalue weighted by Crippen LogP contribution is 2.56. The Hall–Kier alpha value is -3.38. The number of aliphatic hydroxyl groups excluding tert-OH is 3. The number of amides is 1. The topological polar surface area (TPSA) is 206 Å². The molecule has 0 radical (unpaired) electrons. The van der Waals surface area contributed by atoms with E-state index >= 15 is 0 Å². The molecule has 0 saturated carbocycles. The number of ether oxygens (including phenoxy) is 5. The van der Waals surface area contributed by atoms with Gasteiger partial charge in [0, 0.05) is 38.5 Å². The van der Waals surface area contributed by atoms with Crippen molar-refractivity contribution < 1.29 is 58.8 Å². The third-order valence-corrected chi connectivity index (χ3v) is 24.0. The molecule has 85 heavy (non-hydrogen) atoms. The molecule has 480 valence electrons. The molecule has 0 spiro atoms. The fourth-order valence-corrected chi connectivity index (χ4v) is 18.8. The van der Waals surface area contributed by atoms with Gasteiger partial charge in [0.1, 0.15) is 53.2 Å². The lowest BCUT2D eigenvalue weighted by Gasteiger charge is -2.51. The molecule has 0 aliphatic carbocycles. The second-order valence-electron chi connectivity index (χ2n) is 27.8. The van der Waals surface area contributed by atoms with E-state index in [2.05, 4.69) is 98.5 Å². The predicted octanol–water partition coefficient (Wildman–Crippen LogP) is 8.92. The van der Waals surface area contributed by atoms with Crippen LogP contribution < -0.4 is 15.9 Å². The largest absolute Gasteiger partial charge is 0.459 e. The van der Waals surface area contributed by atoms with Crippen LogP contribution in [0.3, 0.4) is 0 Å². The first-order chi connectivity index (χ1) is 39.9. The lowest BCUT2D eigenvalue weighted by Crippen LogP contribution is -2.61. The van der Waals surface area contributed by atoms with Crippen molar-refractivity contribution in [3.05, 3.63) is 73.1 Å². The molecule has 2 aromatic carbocycles. The third kappa shape index (κ3) is 16.9. The lowest BCUT2D eigenvalue weighted by molar-refractivity contribution is -0.302. The normalized spacial score (nSPS) is 35.1. The number of rotatable bonds is 21. The van der Waals surface area contributed by atoms with Gasteiger partial charge in [-0.1, -0.05) is 103 Å². The molecule has 3 fully saturated rings. The summed E-state index contributed by atoms with van der Waals surface area (Å²) in [5, 5.41) is 70.0. The van der Waals surface area contributed by atoms with Gasteiger partial charge in [-0.2, -0.15) is 5.10 Å². The van der Waals surface area contributed by atoms with Crippen molar-refractivity contribution in [2.75, 3.05) is 33.9 Å². The number of aliphatic hydroxyl groups is 5. The SMILES string of the molecule is CC[C@H]1OC(=O)[C@H](C)C([C@H]2C[C@@](C)(OC)[C@@H](O)[C@H](C)O2)[C@H](C)[C@@H](O[C@@H]2O[C@H](C)C[C@H](N(C)C)[C@H]2O)[C@](C)(O)C[C@@H](C)CN(C(=O)CCCCCCCCCCC[P+](c2ccccc2)(c2ccccc2)c2cnn(C(C)(C)C)c2)[C@H](C)[C@@H](O)[C@]1(C)O. The van der Waals surface area contributed by atoms with Gasteiger partial charge in [-0.05, 0) is 151 Å². The zero-order valence-corrected chi connectivity index (χ0v) is 55.6. The van der Waals surface area contributed by atoms with E-state index in [1.807, 2.05) is 46.7 Å². The van der Waals surface area contributed by atoms with Crippen molar-refractivity contribution in [1.82, 2.24) is 19.6 Å². The maximum Gasteiger partial charge on any atom is 0.309 e. The molecule has 6 rings (SSSR count). The molecule has 3 saturated heterocycles. The van der Waals surface area contributed by atoms with Crippen LogP contribution in [0, 0.1) is 23.7 Å². The predicted molar refractivity (Wildman–Crippen MR) is 339 cm³/mol. The number of unbranched alkanes of at least 4 members (excludes halogenated alkanes) is 8. The van der Waals surface area contributed by atoms with Gasteiger partial charge in [0.15, 0.2) is 6.29 Å². The zero-order valence-electron chi connectivity index (χ0n) is 54.7.